The highest BCUT2D eigenvalue weighted by Crippen LogP contribution is 2.38. The van der Waals surface area contributed by atoms with E-state index in [1.807, 2.05) is 37.2 Å². The first-order valence-corrected chi connectivity index (χ1v) is 9.93. The van der Waals surface area contributed by atoms with E-state index in [4.69, 9.17) is 0 Å². The van der Waals surface area contributed by atoms with E-state index in [2.05, 4.69) is 12.2 Å². The van der Waals surface area contributed by atoms with Crippen molar-refractivity contribution >= 4 is 24.0 Å². The minimum atomic E-state index is -0.377. The molecule has 0 saturated carbocycles. The molecule has 1 aliphatic carbocycles. The fourth-order valence-corrected chi connectivity index (χ4v) is 4.36. The van der Waals surface area contributed by atoms with Gasteiger partial charge in [-0.3, -0.25) is 4.79 Å². The number of halogens is 1. The summed E-state index contributed by atoms with van der Waals surface area (Å²) in [6.07, 6.45) is 11.0. The predicted octanol–water partition coefficient (Wildman–Crippen LogP) is 3.44. The van der Waals surface area contributed by atoms with Crippen LogP contribution < -0.4 is 0 Å². The normalized spacial score (nSPS) is 21.5. The van der Waals surface area contributed by atoms with Crippen LogP contribution in [0.5, 0.6) is 0 Å². The number of thioether (sulfide) groups is 1. The summed E-state index contributed by atoms with van der Waals surface area (Å²) in [6, 6.07) is 4.61. The number of fused-ring (bicyclic) bond motifs is 1. The van der Waals surface area contributed by atoms with Gasteiger partial charge in [0.25, 0.3) is 5.91 Å². The Morgan fingerprint density at radius 1 is 1.33 bits per heavy atom. The molecule has 2 aliphatic rings. The van der Waals surface area contributed by atoms with Crippen LogP contribution in [0, 0.1) is 11.7 Å². The number of benzene rings is 1. The highest BCUT2D eigenvalue weighted by molar-refractivity contribution is 8.00. The first-order chi connectivity index (χ1) is 13.0. The van der Waals surface area contributed by atoms with Gasteiger partial charge in [0.15, 0.2) is 0 Å². The third-order valence-corrected chi connectivity index (χ3v) is 5.85. The number of carbonyl (C=O) groups is 2. The molecule has 4 nitrogen and oxygen atoms in total. The summed E-state index contributed by atoms with van der Waals surface area (Å²) in [5, 5.41) is -0.238. The van der Waals surface area contributed by atoms with E-state index in [0.29, 0.717) is 24.2 Å². The molecule has 1 heterocycles. The van der Waals surface area contributed by atoms with Gasteiger partial charge in [0.05, 0.1) is 5.25 Å². The molecule has 0 aromatic heterocycles. The quantitative estimate of drug-likeness (QED) is 0.703. The maximum Gasteiger partial charge on any atom is 0.254 e. The smallest absolute Gasteiger partial charge is 0.254 e. The van der Waals surface area contributed by atoms with Gasteiger partial charge < -0.3 is 14.6 Å². The Hall–Kier alpha value is -2.34. The van der Waals surface area contributed by atoms with Crippen LogP contribution in [0.2, 0.25) is 0 Å². The van der Waals surface area contributed by atoms with Gasteiger partial charge in [-0.05, 0) is 24.3 Å². The highest BCUT2D eigenvalue weighted by Gasteiger charge is 2.34. The molecule has 1 aromatic carbocycles. The molecule has 2 unspecified atom stereocenters. The number of likely N-dealkylation sites (N-methyl/N-ethyl adjacent to an activating group) is 1. The van der Waals surface area contributed by atoms with E-state index < -0.39 is 0 Å². The standard InChI is InChI=1S/C21H23FN2O2S/c1-23(2)16-6-3-5-15(9-10-16)13-24-14-19(27-12-11-25)20-17(21(24)26)7-4-8-18(20)22/h3-11,15,19H,12-14H2,1-2H3. The Morgan fingerprint density at radius 3 is 2.89 bits per heavy atom. The van der Waals surface area contributed by atoms with E-state index in [1.165, 1.54) is 17.8 Å². The Bertz CT molecular complexity index is 816. The van der Waals surface area contributed by atoms with Crippen LogP contribution in [0.25, 0.3) is 0 Å². The van der Waals surface area contributed by atoms with Crippen molar-refractivity contribution in [3.8, 4) is 0 Å². The second-order valence-corrected chi connectivity index (χ2v) is 8.03. The average molecular weight is 386 g/mol. The Labute approximate surface area is 163 Å². The number of carbonyl (C=O) groups excluding carboxylic acids is 2. The second-order valence-electron chi connectivity index (χ2n) is 6.79. The number of rotatable bonds is 6. The molecule has 6 heteroatoms. The molecule has 0 saturated heterocycles. The first-order valence-electron chi connectivity index (χ1n) is 8.88. The summed E-state index contributed by atoms with van der Waals surface area (Å²) in [7, 11) is 3.97. The summed E-state index contributed by atoms with van der Waals surface area (Å²) in [5.74, 6) is -0.174. The summed E-state index contributed by atoms with van der Waals surface area (Å²) in [5.41, 5.74) is 1.91. The molecule has 1 amide bonds. The zero-order valence-corrected chi connectivity index (χ0v) is 16.3. The van der Waals surface area contributed by atoms with Crippen molar-refractivity contribution in [3.05, 3.63) is 71.2 Å². The average Bonchev–Trinajstić information content (AvgIpc) is 2.89. The van der Waals surface area contributed by atoms with Crippen molar-refractivity contribution in [1.29, 1.82) is 0 Å². The lowest BCUT2D eigenvalue weighted by Gasteiger charge is -2.35. The highest BCUT2D eigenvalue weighted by atomic mass is 32.2. The molecule has 142 valence electrons. The van der Waals surface area contributed by atoms with Gasteiger partial charge in [-0.15, -0.1) is 11.8 Å². The van der Waals surface area contributed by atoms with Crippen LogP contribution in [0.1, 0.15) is 21.2 Å². The number of aldehydes is 1. The van der Waals surface area contributed by atoms with Crippen molar-refractivity contribution in [1.82, 2.24) is 9.80 Å². The number of nitrogens with zero attached hydrogens (tertiary/aromatic N) is 2. The molecular formula is C21H23FN2O2S. The van der Waals surface area contributed by atoms with E-state index in [9.17, 15) is 14.0 Å². The van der Waals surface area contributed by atoms with Gasteiger partial charge in [-0.1, -0.05) is 24.3 Å². The molecule has 0 spiro atoms. The number of amides is 1. The minimum Gasteiger partial charge on any atom is -0.378 e. The monoisotopic (exact) mass is 386 g/mol. The van der Waals surface area contributed by atoms with Crippen molar-refractivity contribution in [3.63, 3.8) is 0 Å². The molecule has 1 aliphatic heterocycles. The predicted molar refractivity (Wildman–Crippen MR) is 107 cm³/mol. The lowest BCUT2D eigenvalue weighted by molar-refractivity contribution is -0.105. The third-order valence-electron chi connectivity index (χ3n) is 4.73. The van der Waals surface area contributed by atoms with Crippen LogP contribution in [0.4, 0.5) is 4.39 Å². The molecule has 3 rings (SSSR count). The van der Waals surface area contributed by atoms with E-state index >= 15 is 0 Å². The fourth-order valence-electron chi connectivity index (χ4n) is 3.36. The van der Waals surface area contributed by atoms with E-state index in [1.54, 1.807) is 17.0 Å². The molecule has 1 aromatic rings. The van der Waals surface area contributed by atoms with Crippen LogP contribution in [-0.4, -0.2) is 54.9 Å². The first kappa shape index (κ1) is 19.4. The van der Waals surface area contributed by atoms with Crippen LogP contribution >= 0.6 is 11.8 Å². The molecule has 27 heavy (non-hydrogen) atoms. The largest absolute Gasteiger partial charge is 0.378 e. The lowest BCUT2D eigenvalue weighted by Crippen LogP contribution is -2.42. The van der Waals surface area contributed by atoms with Crippen LogP contribution in [0.3, 0.4) is 0 Å². The van der Waals surface area contributed by atoms with Crippen molar-refractivity contribution in [2.45, 2.75) is 5.25 Å². The van der Waals surface area contributed by atoms with Crippen LogP contribution in [-0.2, 0) is 4.79 Å². The van der Waals surface area contributed by atoms with Gasteiger partial charge >= 0.3 is 0 Å². The molecule has 2 atom stereocenters. The van der Waals surface area contributed by atoms with Gasteiger partial charge in [0, 0.05) is 55.7 Å². The number of allylic oxidation sites excluding steroid dienone is 3. The third kappa shape index (κ3) is 4.33. The molecule has 0 fully saturated rings. The van der Waals surface area contributed by atoms with Gasteiger partial charge in [-0.25, -0.2) is 4.39 Å². The van der Waals surface area contributed by atoms with Crippen molar-refractivity contribution in [2.75, 3.05) is 32.9 Å². The fraction of sp³-hybridized carbons (Fsp3) is 0.333. The molecule has 0 N–H and O–H groups in total. The molecule has 0 radical (unpaired) electrons. The van der Waals surface area contributed by atoms with Gasteiger partial charge in [-0.2, -0.15) is 0 Å². The Balaban J connectivity index is 1.82. The minimum absolute atomic E-state index is 0.0782. The zero-order valence-electron chi connectivity index (χ0n) is 15.5. The lowest BCUT2D eigenvalue weighted by atomic mass is 9.96. The summed E-state index contributed by atoms with van der Waals surface area (Å²) < 4.78 is 14.4. The second kappa shape index (κ2) is 8.57. The summed E-state index contributed by atoms with van der Waals surface area (Å²) in [4.78, 5) is 27.5. The summed E-state index contributed by atoms with van der Waals surface area (Å²) >= 11 is 1.38. The number of hydrogen-bond donors (Lipinski definition) is 0. The van der Waals surface area contributed by atoms with E-state index in [-0.39, 0.29) is 28.6 Å². The van der Waals surface area contributed by atoms with Gasteiger partial charge in [0.2, 0.25) is 0 Å². The van der Waals surface area contributed by atoms with Crippen LogP contribution in [0.15, 0.2) is 54.3 Å². The van der Waals surface area contributed by atoms with E-state index in [0.717, 1.165) is 12.0 Å². The SMILES string of the molecule is CN(C)C1=CC=CC(CN2CC(SCC=O)c3c(F)cccc3C2=O)C=C1. The zero-order chi connectivity index (χ0) is 19.4. The molecule has 0 bridgehead atoms. The van der Waals surface area contributed by atoms with Gasteiger partial charge in [0.1, 0.15) is 12.1 Å². The van der Waals surface area contributed by atoms with Crippen molar-refractivity contribution in [2.24, 2.45) is 5.92 Å². The Kier molecular flexibility index (Phi) is 6.16. The maximum atomic E-state index is 14.4. The number of hydrogen-bond acceptors (Lipinski definition) is 4. The molecular weight excluding hydrogens is 363 g/mol. The Morgan fingerprint density at radius 2 is 2.15 bits per heavy atom. The summed E-state index contributed by atoms with van der Waals surface area (Å²) in [6.45, 7) is 0.923. The maximum absolute atomic E-state index is 14.4. The topological polar surface area (TPSA) is 40.6 Å². The van der Waals surface area contributed by atoms with Crippen molar-refractivity contribution < 1.29 is 14.0 Å².